The number of aliphatic hydroxyl groups is 1. The number of rotatable bonds is 7. The van der Waals surface area contributed by atoms with Gasteiger partial charge in [0.2, 0.25) is 0 Å². The molecule has 1 N–H and O–H groups in total. The quantitative estimate of drug-likeness (QED) is 0.786. The van der Waals surface area contributed by atoms with E-state index in [0.29, 0.717) is 13.0 Å². The average molecular weight is 295 g/mol. The van der Waals surface area contributed by atoms with Crippen LogP contribution in [0.5, 0.6) is 0 Å². The third-order valence-electron chi connectivity index (χ3n) is 4.50. The molecule has 1 saturated carbocycles. The van der Waals surface area contributed by atoms with E-state index in [1.165, 1.54) is 12.8 Å². The number of hydrogen-bond acceptors (Lipinski definition) is 4. The van der Waals surface area contributed by atoms with Crippen molar-refractivity contribution in [3.05, 3.63) is 12.2 Å². The summed E-state index contributed by atoms with van der Waals surface area (Å²) in [4.78, 5) is 4.32. The number of aryl methyl sites for hydroxylation is 1. The fourth-order valence-corrected chi connectivity index (χ4v) is 3.39. The van der Waals surface area contributed by atoms with Crippen molar-refractivity contribution in [2.75, 3.05) is 6.61 Å². The van der Waals surface area contributed by atoms with Crippen LogP contribution in [0.1, 0.15) is 64.6 Å². The Labute approximate surface area is 127 Å². The Morgan fingerprint density at radius 1 is 1.29 bits per heavy atom. The molecular formula is C16H29N3O2. The summed E-state index contributed by atoms with van der Waals surface area (Å²) < 4.78 is 7.96. The topological polar surface area (TPSA) is 60.2 Å². The van der Waals surface area contributed by atoms with E-state index in [0.717, 1.165) is 44.5 Å². The zero-order valence-corrected chi connectivity index (χ0v) is 13.4. The first-order valence-corrected chi connectivity index (χ1v) is 8.40. The van der Waals surface area contributed by atoms with Gasteiger partial charge in [-0.25, -0.2) is 4.98 Å². The molecule has 2 rings (SSSR count). The molecule has 21 heavy (non-hydrogen) atoms. The fraction of sp³-hybridized carbons (Fsp3) is 0.875. The first-order valence-electron chi connectivity index (χ1n) is 8.40. The van der Waals surface area contributed by atoms with Gasteiger partial charge in [0.1, 0.15) is 12.2 Å². The van der Waals surface area contributed by atoms with E-state index < -0.39 is 11.7 Å². The summed E-state index contributed by atoms with van der Waals surface area (Å²) in [6.45, 7) is 5.64. The van der Waals surface area contributed by atoms with Crippen molar-refractivity contribution in [3.63, 3.8) is 0 Å². The van der Waals surface area contributed by atoms with Crippen molar-refractivity contribution in [1.29, 1.82) is 0 Å². The van der Waals surface area contributed by atoms with Crippen LogP contribution < -0.4 is 0 Å². The molecule has 0 saturated heterocycles. The van der Waals surface area contributed by atoms with Crippen molar-refractivity contribution >= 4 is 0 Å². The monoisotopic (exact) mass is 295 g/mol. The third-order valence-corrected chi connectivity index (χ3v) is 4.50. The van der Waals surface area contributed by atoms with E-state index in [9.17, 15) is 5.11 Å². The molecular weight excluding hydrogens is 266 g/mol. The Morgan fingerprint density at radius 2 is 2.00 bits per heavy atom. The second kappa shape index (κ2) is 7.90. The fourth-order valence-electron chi connectivity index (χ4n) is 3.39. The number of hydrogen-bond donors (Lipinski definition) is 1. The molecule has 1 aromatic rings. The Balaban J connectivity index is 2.10. The van der Waals surface area contributed by atoms with Gasteiger partial charge in [-0.05, 0) is 26.2 Å². The molecule has 120 valence electrons. The van der Waals surface area contributed by atoms with Crippen LogP contribution in [0.25, 0.3) is 0 Å². The molecule has 1 aliphatic rings. The Kier molecular flexibility index (Phi) is 6.18. The molecule has 0 aromatic carbocycles. The van der Waals surface area contributed by atoms with Crippen LogP contribution in [0.2, 0.25) is 0 Å². The van der Waals surface area contributed by atoms with Crippen LogP contribution in [0.4, 0.5) is 0 Å². The van der Waals surface area contributed by atoms with Crippen molar-refractivity contribution in [1.82, 2.24) is 14.8 Å². The molecule has 1 atom stereocenters. The van der Waals surface area contributed by atoms with E-state index >= 15 is 0 Å². The summed E-state index contributed by atoms with van der Waals surface area (Å²) in [5.74, 6) is 0.868. The first-order chi connectivity index (χ1) is 10.2. The summed E-state index contributed by atoms with van der Waals surface area (Å²) in [7, 11) is 0. The van der Waals surface area contributed by atoms with E-state index in [1.807, 2.05) is 11.6 Å². The van der Waals surface area contributed by atoms with Crippen LogP contribution in [0.15, 0.2) is 6.33 Å². The van der Waals surface area contributed by atoms with Crippen LogP contribution in [-0.2, 0) is 17.7 Å². The molecule has 1 fully saturated rings. The minimum absolute atomic E-state index is 0.395. The Bertz CT molecular complexity index is 411. The maximum atomic E-state index is 10.8. The summed E-state index contributed by atoms with van der Waals surface area (Å²) in [5, 5.41) is 15.1. The van der Waals surface area contributed by atoms with Crippen LogP contribution >= 0.6 is 0 Å². The van der Waals surface area contributed by atoms with E-state index in [1.54, 1.807) is 6.33 Å². The van der Waals surface area contributed by atoms with Gasteiger partial charge in [-0.3, -0.25) is 4.68 Å². The van der Waals surface area contributed by atoms with Crippen molar-refractivity contribution in [2.24, 2.45) is 0 Å². The Morgan fingerprint density at radius 3 is 2.62 bits per heavy atom. The highest BCUT2D eigenvalue weighted by atomic mass is 16.5. The summed E-state index contributed by atoms with van der Waals surface area (Å²) in [5.41, 5.74) is -0.395. The SMILES string of the molecule is CCCn1ncnc1CC(O)C1(OCC)CCCCCC1. The smallest absolute Gasteiger partial charge is 0.138 e. The molecule has 0 bridgehead atoms. The predicted octanol–water partition coefficient (Wildman–Crippen LogP) is 2.72. The molecule has 0 radical (unpaired) electrons. The molecule has 0 aliphatic heterocycles. The zero-order valence-electron chi connectivity index (χ0n) is 13.4. The lowest BCUT2D eigenvalue weighted by Crippen LogP contribution is -2.46. The zero-order chi connectivity index (χ0) is 15.1. The highest BCUT2D eigenvalue weighted by molar-refractivity contribution is 4.97. The molecule has 1 aromatic heterocycles. The second-order valence-electron chi connectivity index (χ2n) is 6.03. The second-order valence-corrected chi connectivity index (χ2v) is 6.03. The van der Waals surface area contributed by atoms with Gasteiger partial charge >= 0.3 is 0 Å². The minimum atomic E-state index is -0.504. The summed E-state index contributed by atoms with van der Waals surface area (Å²) in [6.07, 6.45) is 9.28. The standard InChI is InChI=1S/C16H29N3O2/c1-3-11-19-15(17-13-18-19)12-14(20)16(21-4-2)9-7-5-6-8-10-16/h13-14,20H,3-12H2,1-2H3. The van der Waals surface area contributed by atoms with Gasteiger partial charge in [0, 0.05) is 19.6 Å². The number of aliphatic hydroxyl groups excluding tert-OH is 1. The lowest BCUT2D eigenvalue weighted by molar-refractivity contribution is -0.129. The van der Waals surface area contributed by atoms with Crippen LogP contribution in [0.3, 0.4) is 0 Å². The van der Waals surface area contributed by atoms with Gasteiger partial charge in [-0.15, -0.1) is 0 Å². The molecule has 0 spiro atoms. The molecule has 1 unspecified atom stereocenters. The summed E-state index contributed by atoms with van der Waals surface area (Å²) >= 11 is 0. The van der Waals surface area contributed by atoms with Gasteiger partial charge in [0.05, 0.1) is 11.7 Å². The lowest BCUT2D eigenvalue weighted by atomic mass is 9.86. The van der Waals surface area contributed by atoms with Crippen LogP contribution in [-0.4, -0.2) is 38.2 Å². The van der Waals surface area contributed by atoms with Gasteiger partial charge in [0.15, 0.2) is 0 Å². The number of aromatic nitrogens is 3. The molecule has 1 heterocycles. The number of nitrogens with zero attached hydrogens (tertiary/aromatic N) is 3. The van der Waals surface area contributed by atoms with Crippen molar-refractivity contribution in [3.8, 4) is 0 Å². The van der Waals surface area contributed by atoms with E-state index in [2.05, 4.69) is 17.0 Å². The highest BCUT2D eigenvalue weighted by Gasteiger charge is 2.39. The van der Waals surface area contributed by atoms with Crippen molar-refractivity contribution in [2.45, 2.75) is 83.5 Å². The highest BCUT2D eigenvalue weighted by Crippen LogP contribution is 2.34. The number of ether oxygens (including phenoxy) is 1. The van der Waals surface area contributed by atoms with Gasteiger partial charge in [0.25, 0.3) is 0 Å². The molecule has 5 heteroatoms. The molecule has 1 aliphatic carbocycles. The Hall–Kier alpha value is -0.940. The van der Waals surface area contributed by atoms with Crippen molar-refractivity contribution < 1.29 is 9.84 Å². The lowest BCUT2D eigenvalue weighted by Gasteiger charge is -2.37. The predicted molar refractivity (Wildman–Crippen MR) is 82.1 cm³/mol. The third kappa shape index (κ3) is 4.04. The van der Waals surface area contributed by atoms with Gasteiger partial charge in [-0.2, -0.15) is 5.10 Å². The normalized spacial score (nSPS) is 20.1. The van der Waals surface area contributed by atoms with Crippen LogP contribution in [0, 0.1) is 0 Å². The molecule has 0 amide bonds. The largest absolute Gasteiger partial charge is 0.390 e. The molecule has 5 nitrogen and oxygen atoms in total. The maximum absolute atomic E-state index is 10.8. The van der Waals surface area contributed by atoms with E-state index in [-0.39, 0.29) is 0 Å². The minimum Gasteiger partial charge on any atom is -0.390 e. The maximum Gasteiger partial charge on any atom is 0.138 e. The van der Waals surface area contributed by atoms with E-state index in [4.69, 9.17) is 4.74 Å². The van der Waals surface area contributed by atoms with Gasteiger partial charge < -0.3 is 9.84 Å². The first kappa shape index (κ1) is 16.4. The average Bonchev–Trinajstić information content (AvgIpc) is 2.75. The summed E-state index contributed by atoms with van der Waals surface area (Å²) in [6, 6.07) is 0. The van der Waals surface area contributed by atoms with Gasteiger partial charge in [-0.1, -0.05) is 32.6 Å².